The highest BCUT2D eigenvalue weighted by atomic mass is 127. The van der Waals surface area contributed by atoms with Crippen LogP contribution in [0.3, 0.4) is 0 Å². The number of ether oxygens (including phenoxy) is 2. The van der Waals surface area contributed by atoms with Crippen LogP contribution in [-0.2, 0) is 9.59 Å². The highest BCUT2D eigenvalue weighted by Gasteiger charge is 2.13. The minimum atomic E-state index is -1.11. The lowest BCUT2D eigenvalue weighted by molar-refractivity contribution is -0.139. The highest BCUT2D eigenvalue weighted by Crippen LogP contribution is 2.34. The smallest absolute Gasteiger partial charge is 0.341 e. The van der Waals surface area contributed by atoms with Crippen LogP contribution in [0, 0.1) is 14.9 Å². The molecule has 0 atom stereocenters. The summed E-state index contributed by atoms with van der Waals surface area (Å²) in [4.78, 5) is 21.6. The molecule has 0 aliphatic carbocycles. The second-order valence-electron chi connectivity index (χ2n) is 3.75. The molecule has 1 aromatic carbocycles. The number of hydrogen-bond acceptors (Lipinski definition) is 5. The van der Waals surface area contributed by atoms with E-state index in [9.17, 15) is 9.59 Å². The van der Waals surface area contributed by atoms with Crippen molar-refractivity contribution in [1.29, 1.82) is 5.26 Å². The van der Waals surface area contributed by atoms with Crippen molar-refractivity contribution in [3.05, 3.63) is 26.8 Å². The monoisotopic (exact) mass is 402 g/mol. The number of methoxy groups -OCH3 is 1. The molecule has 1 aromatic rings. The van der Waals surface area contributed by atoms with Gasteiger partial charge in [0.1, 0.15) is 11.6 Å². The zero-order valence-electron chi connectivity index (χ0n) is 10.9. The van der Waals surface area contributed by atoms with E-state index in [1.807, 2.05) is 22.6 Å². The summed E-state index contributed by atoms with van der Waals surface area (Å²) in [6.07, 6.45) is 1.31. The van der Waals surface area contributed by atoms with Crippen molar-refractivity contribution in [2.75, 3.05) is 13.7 Å². The number of nitrogens with zero attached hydrogens (tertiary/aromatic N) is 1. The van der Waals surface area contributed by atoms with Crippen LogP contribution in [0.15, 0.2) is 17.7 Å². The van der Waals surface area contributed by atoms with Crippen molar-refractivity contribution in [2.24, 2.45) is 5.73 Å². The first-order chi connectivity index (χ1) is 9.88. The second kappa shape index (κ2) is 7.49. The van der Waals surface area contributed by atoms with E-state index in [0.717, 1.165) is 0 Å². The maximum Gasteiger partial charge on any atom is 0.341 e. The van der Waals surface area contributed by atoms with Gasteiger partial charge in [0.2, 0.25) is 0 Å². The molecule has 0 radical (unpaired) electrons. The summed E-state index contributed by atoms with van der Waals surface area (Å²) in [7, 11) is 1.39. The van der Waals surface area contributed by atoms with Gasteiger partial charge in [-0.15, -0.1) is 0 Å². The van der Waals surface area contributed by atoms with Crippen molar-refractivity contribution in [1.82, 2.24) is 0 Å². The van der Waals surface area contributed by atoms with Gasteiger partial charge >= 0.3 is 5.97 Å². The Morgan fingerprint density at radius 3 is 2.67 bits per heavy atom. The molecule has 0 aromatic heterocycles. The molecule has 0 bridgehead atoms. The molecule has 7 nitrogen and oxygen atoms in total. The Morgan fingerprint density at radius 2 is 2.19 bits per heavy atom. The topological polar surface area (TPSA) is 123 Å². The van der Waals surface area contributed by atoms with Crippen molar-refractivity contribution >= 4 is 40.5 Å². The summed E-state index contributed by atoms with van der Waals surface area (Å²) in [5.41, 5.74) is 5.37. The second-order valence-corrected chi connectivity index (χ2v) is 4.91. The van der Waals surface area contributed by atoms with Gasteiger partial charge in [0, 0.05) is 0 Å². The molecule has 0 fully saturated rings. The third-order valence-electron chi connectivity index (χ3n) is 2.29. The Bertz CT molecular complexity index is 649. The van der Waals surface area contributed by atoms with Crippen LogP contribution in [0.5, 0.6) is 11.5 Å². The van der Waals surface area contributed by atoms with E-state index in [0.29, 0.717) is 9.13 Å². The van der Waals surface area contributed by atoms with Gasteiger partial charge in [0.15, 0.2) is 18.1 Å². The normalized spacial score (nSPS) is 10.6. The summed E-state index contributed by atoms with van der Waals surface area (Å²) >= 11 is 1.93. The Kier molecular flexibility index (Phi) is 5.98. The Morgan fingerprint density at radius 1 is 1.52 bits per heavy atom. The Hall–Kier alpha value is -2.28. The predicted octanol–water partition coefficient (Wildman–Crippen LogP) is 1.16. The van der Waals surface area contributed by atoms with Gasteiger partial charge in [-0.3, -0.25) is 4.79 Å². The standard InChI is InChI=1S/C13H11IN2O5/c1-20-10-4-7(2-8(5-15)13(16)19)3-9(14)12(10)21-6-11(17)18/h2-4H,6H2,1H3,(H2,16,19)(H,17,18)/b8-2+. The summed E-state index contributed by atoms with van der Waals surface area (Å²) in [5, 5.41) is 17.4. The third-order valence-corrected chi connectivity index (χ3v) is 3.09. The van der Waals surface area contributed by atoms with Crippen LogP contribution in [-0.4, -0.2) is 30.7 Å². The first-order valence-corrected chi connectivity index (χ1v) is 6.60. The molecule has 0 aliphatic heterocycles. The molecule has 0 spiro atoms. The van der Waals surface area contributed by atoms with E-state index >= 15 is 0 Å². The summed E-state index contributed by atoms with van der Waals surface area (Å²) in [6, 6.07) is 4.82. The van der Waals surface area contributed by atoms with Crippen LogP contribution in [0.2, 0.25) is 0 Å². The van der Waals surface area contributed by atoms with Gasteiger partial charge in [0.05, 0.1) is 10.7 Å². The van der Waals surface area contributed by atoms with E-state index < -0.39 is 18.5 Å². The SMILES string of the molecule is COc1cc(/C=C(\C#N)C(N)=O)cc(I)c1OCC(=O)O. The lowest BCUT2D eigenvalue weighted by Crippen LogP contribution is -2.12. The number of carbonyl (C=O) groups is 2. The van der Waals surface area contributed by atoms with Crippen LogP contribution < -0.4 is 15.2 Å². The molecule has 1 amide bonds. The van der Waals surface area contributed by atoms with Crippen LogP contribution >= 0.6 is 22.6 Å². The number of carboxylic acids is 1. The van der Waals surface area contributed by atoms with Gasteiger partial charge in [-0.05, 0) is 46.4 Å². The van der Waals surface area contributed by atoms with Gasteiger partial charge in [-0.25, -0.2) is 4.79 Å². The minimum Gasteiger partial charge on any atom is -0.493 e. The maximum absolute atomic E-state index is 11.0. The summed E-state index contributed by atoms with van der Waals surface area (Å²) in [6.45, 7) is -0.508. The van der Waals surface area contributed by atoms with Gasteiger partial charge in [0.25, 0.3) is 5.91 Å². The average molecular weight is 402 g/mol. The molecule has 0 unspecified atom stereocenters. The predicted molar refractivity (Wildman–Crippen MR) is 81.6 cm³/mol. The summed E-state index contributed by atoms with van der Waals surface area (Å²) < 4.78 is 10.8. The van der Waals surface area contributed by atoms with E-state index in [1.165, 1.54) is 19.3 Å². The van der Waals surface area contributed by atoms with E-state index in [2.05, 4.69) is 0 Å². The maximum atomic E-state index is 11.0. The molecular formula is C13H11IN2O5. The fourth-order valence-corrected chi connectivity index (χ4v) is 2.20. The fourth-order valence-electron chi connectivity index (χ4n) is 1.42. The molecule has 0 saturated heterocycles. The quantitative estimate of drug-likeness (QED) is 0.418. The number of primary amides is 1. The number of nitriles is 1. The molecule has 8 heteroatoms. The van der Waals surface area contributed by atoms with Crippen molar-refractivity contribution in [3.8, 4) is 17.6 Å². The zero-order valence-corrected chi connectivity index (χ0v) is 13.1. The van der Waals surface area contributed by atoms with Gasteiger partial charge < -0.3 is 20.3 Å². The number of halogens is 1. The van der Waals surface area contributed by atoms with E-state index in [1.54, 1.807) is 12.1 Å². The number of aliphatic carboxylic acids is 1. The Balaban J connectivity index is 3.24. The number of hydrogen-bond donors (Lipinski definition) is 2. The van der Waals surface area contributed by atoms with E-state index in [4.69, 9.17) is 25.6 Å². The van der Waals surface area contributed by atoms with Crippen LogP contribution in [0.4, 0.5) is 0 Å². The molecule has 0 saturated carbocycles. The van der Waals surface area contributed by atoms with Crippen molar-refractivity contribution in [2.45, 2.75) is 0 Å². The first-order valence-electron chi connectivity index (χ1n) is 5.52. The number of rotatable bonds is 6. The lowest BCUT2D eigenvalue weighted by Gasteiger charge is -2.12. The minimum absolute atomic E-state index is 0.202. The third kappa shape index (κ3) is 4.64. The highest BCUT2D eigenvalue weighted by molar-refractivity contribution is 14.1. The number of carboxylic acid groups (broad SMARTS) is 1. The first kappa shape index (κ1) is 16.8. The number of nitrogens with two attached hydrogens (primary N) is 1. The molecule has 21 heavy (non-hydrogen) atoms. The van der Waals surface area contributed by atoms with Crippen molar-refractivity contribution in [3.63, 3.8) is 0 Å². The van der Waals surface area contributed by atoms with Gasteiger partial charge in [-0.2, -0.15) is 5.26 Å². The Labute approximate surface area is 134 Å². The van der Waals surface area contributed by atoms with Gasteiger partial charge in [-0.1, -0.05) is 0 Å². The molecule has 0 aliphatic rings. The van der Waals surface area contributed by atoms with Crippen molar-refractivity contribution < 1.29 is 24.2 Å². The molecular weight excluding hydrogens is 391 g/mol. The summed E-state index contributed by atoms with van der Waals surface area (Å²) in [5.74, 6) is -1.39. The largest absolute Gasteiger partial charge is 0.493 e. The number of benzene rings is 1. The van der Waals surface area contributed by atoms with E-state index in [-0.39, 0.29) is 17.1 Å². The zero-order chi connectivity index (χ0) is 16.0. The average Bonchev–Trinajstić information content (AvgIpc) is 2.42. The van der Waals surface area contributed by atoms with Crippen LogP contribution in [0.25, 0.3) is 6.08 Å². The number of amides is 1. The van der Waals surface area contributed by atoms with Crippen LogP contribution in [0.1, 0.15) is 5.56 Å². The fraction of sp³-hybridized carbons (Fsp3) is 0.154. The number of carbonyl (C=O) groups excluding carboxylic acids is 1. The molecule has 0 heterocycles. The molecule has 110 valence electrons. The molecule has 1 rings (SSSR count). The lowest BCUT2D eigenvalue weighted by atomic mass is 10.1. The molecule has 3 N–H and O–H groups in total.